The van der Waals surface area contributed by atoms with Crippen LogP contribution in [-0.2, 0) is 12.0 Å². The van der Waals surface area contributed by atoms with Crippen LogP contribution in [0.4, 0.5) is 5.13 Å². The van der Waals surface area contributed by atoms with Crippen molar-refractivity contribution in [2.45, 2.75) is 18.4 Å². The minimum Gasteiger partial charge on any atom is -0.383 e. The average molecular weight is 357 g/mol. The van der Waals surface area contributed by atoms with Crippen LogP contribution in [0.25, 0.3) is 0 Å². The van der Waals surface area contributed by atoms with E-state index in [1.54, 1.807) is 11.3 Å². The number of hydrogen-bond donors (Lipinski definition) is 2. The number of rotatable bonds is 3. The maximum Gasteiger partial charge on any atom is 0.191 e. The lowest BCUT2D eigenvalue weighted by Gasteiger charge is -2.35. The molecule has 6 nitrogen and oxygen atoms in total. The lowest BCUT2D eigenvalue weighted by molar-refractivity contribution is 0.0483. The number of aryl methyl sites for hydroxylation is 1. The summed E-state index contributed by atoms with van der Waals surface area (Å²) in [7, 11) is 0. The van der Waals surface area contributed by atoms with E-state index in [4.69, 9.17) is 5.73 Å². The van der Waals surface area contributed by atoms with Gasteiger partial charge >= 0.3 is 0 Å². The van der Waals surface area contributed by atoms with Crippen molar-refractivity contribution in [1.82, 2.24) is 9.88 Å². The molecule has 3 N–H and O–H groups in total. The quantitative estimate of drug-likeness (QED) is 0.642. The Morgan fingerprint density at radius 1 is 1.28 bits per heavy atom. The van der Waals surface area contributed by atoms with E-state index in [2.05, 4.69) is 25.8 Å². The van der Waals surface area contributed by atoms with Gasteiger partial charge in [-0.15, -0.1) is 11.3 Å². The molecule has 4 rings (SSSR count). The van der Waals surface area contributed by atoms with E-state index in [1.807, 2.05) is 29.8 Å². The number of thiazole rings is 1. The fraction of sp³-hybridized carbons (Fsp3) is 0.444. The molecule has 2 aliphatic rings. The summed E-state index contributed by atoms with van der Waals surface area (Å²) in [6.07, 6.45) is 3.44. The molecule has 0 spiro atoms. The molecule has 1 aliphatic carbocycles. The van der Waals surface area contributed by atoms with Gasteiger partial charge in [0.1, 0.15) is 5.60 Å². The molecule has 1 fully saturated rings. The Balaban J connectivity index is 1.38. The van der Waals surface area contributed by atoms with Gasteiger partial charge in [0.25, 0.3) is 0 Å². The van der Waals surface area contributed by atoms with E-state index in [0.717, 1.165) is 43.3 Å². The number of aromatic nitrogens is 1. The summed E-state index contributed by atoms with van der Waals surface area (Å²) in [5.74, 6) is 0.525. The molecule has 0 bridgehead atoms. The lowest BCUT2D eigenvalue weighted by Crippen LogP contribution is -2.51. The summed E-state index contributed by atoms with van der Waals surface area (Å²) >= 11 is 1.66. The maximum atomic E-state index is 11.0. The standard InChI is InChI=1S/C18H23N5OS/c19-16(22-8-10-23(11-9-22)17-20-7-12-25-17)21-13-18(24)6-5-14-3-1-2-4-15(14)18/h1-4,7,12,24H,5-6,8-11,13H2,(H2,19,21). The molecule has 1 unspecified atom stereocenters. The third-order valence-electron chi connectivity index (χ3n) is 5.12. The predicted molar refractivity (Wildman–Crippen MR) is 101 cm³/mol. The number of benzene rings is 1. The van der Waals surface area contributed by atoms with Crippen LogP contribution < -0.4 is 10.6 Å². The van der Waals surface area contributed by atoms with Gasteiger partial charge in [-0.1, -0.05) is 24.3 Å². The maximum absolute atomic E-state index is 11.0. The molecule has 1 saturated heterocycles. The molecule has 2 aromatic rings. The predicted octanol–water partition coefficient (Wildman–Crippen LogP) is 1.41. The van der Waals surface area contributed by atoms with Crippen LogP contribution in [0.2, 0.25) is 0 Å². The second-order valence-electron chi connectivity index (χ2n) is 6.65. The van der Waals surface area contributed by atoms with E-state index in [0.29, 0.717) is 18.9 Å². The van der Waals surface area contributed by atoms with E-state index < -0.39 is 5.60 Å². The van der Waals surface area contributed by atoms with Crippen LogP contribution in [0.5, 0.6) is 0 Å². The molecule has 1 aromatic carbocycles. The number of hydrogen-bond acceptors (Lipinski definition) is 5. The molecule has 7 heteroatoms. The average Bonchev–Trinajstić information content (AvgIpc) is 3.30. The first-order chi connectivity index (χ1) is 12.2. The summed E-state index contributed by atoms with van der Waals surface area (Å²) in [5.41, 5.74) is 7.54. The van der Waals surface area contributed by atoms with Crippen LogP contribution >= 0.6 is 11.3 Å². The highest BCUT2D eigenvalue weighted by Crippen LogP contribution is 2.36. The number of nitrogens with two attached hydrogens (primary N) is 1. The third-order valence-corrected chi connectivity index (χ3v) is 5.95. The van der Waals surface area contributed by atoms with Crippen molar-refractivity contribution in [3.8, 4) is 0 Å². The zero-order valence-corrected chi connectivity index (χ0v) is 15.0. The van der Waals surface area contributed by atoms with Crippen molar-refractivity contribution in [2.75, 3.05) is 37.6 Å². The SMILES string of the molecule is NC(=NCC1(O)CCc2ccccc21)N1CCN(c2nccs2)CC1. The Labute approximate surface area is 151 Å². The normalized spacial score (nSPS) is 23.8. The Hall–Kier alpha value is -2.12. The summed E-state index contributed by atoms with van der Waals surface area (Å²) in [6, 6.07) is 8.07. The van der Waals surface area contributed by atoms with Gasteiger partial charge in [0.05, 0.1) is 6.54 Å². The van der Waals surface area contributed by atoms with Gasteiger partial charge in [0.15, 0.2) is 11.1 Å². The second kappa shape index (κ2) is 6.65. The first-order valence-corrected chi connectivity index (χ1v) is 9.54. The molecule has 0 saturated carbocycles. The summed E-state index contributed by atoms with van der Waals surface area (Å²) in [5, 5.41) is 14.0. The molecule has 132 valence electrons. The van der Waals surface area contributed by atoms with Gasteiger partial charge in [-0.2, -0.15) is 0 Å². The molecular formula is C18H23N5OS. The fourth-order valence-corrected chi connectivity index (χ4v) is 4.34. The van der Waals surface area contributed by atoms with Gasteiger partial charge in [0.2, 0.25) is 0 Å². The third kappa shape index (κ3) is 3.21. The van der Waals surface area contributed by atoms with Gasteiger partial charge in [-0.25, -0.2) is 9.98 Å². The van der Waals surface area contributed by atoms with Gasteiger partial charge in [-0.3, -0.25) is 0 Å². The smallest absolute Gasteiger partial charge is 0.191 e. The van der Waals surface area contributed by atoms with Gasteiger partial charge in [0, 0.05) is 37.8 Å². The number of anilines is 1. The van der Waals surface area contributed by atoms with E-state index in [9.17, 15) is 5.11 Å². The van der Waals surface area contributed by atoms with Crippen molar-refractivity contribution in [3.63, 3.8) is 0 Å². The number of fused-ring (bicyclic) bond motifs is 1. The molecule has 1 aliphatic heterocycles. The van der Waals surface area contributed by atoms with Crippen molar-refractivity contribution >= 4 is 22.4 Å². The minimum atomic E-state index is -0.885. The number of aliphatic imine (C=N–C) groups is 1. The highest BCUT2D eigenvalue weighted by Gasteiger charge is 2.36. The zero-order chi connectivity index (χ0) is 17.3. The van der Waals surface area contributed by atoms with Gasteiger partial charge < -0.3 is 20.6 Å². The van der Waals surface area contributed by atoms with Crippen molar-refractivity contribution < 1.29 is 5.11 Å². The number of piperazine rings is 1. The van der Waals surface area contributed by atoms with Crippen LogP contribution in [-0.4, -0.2) is 53.7 Å². The Bertz CT molecular complexity index is 755. The molecule has 0 radical (unpaired) electrons. The highest BCUT2D eigenvalue weighted by molar-refractivity contribution is 7.13. The van der Waals surface area contributed by atoms with Crippen LogP contribution in [0.1, 0.15) is 17.5 Å². The van der Waals surface area contributed by atoms with E-state index >= 15 is 0 Å². The lowest BCUT2D eigenvalue weighted by atomic mass is 9.96. The van der Waals surface area contributed by atoms with Crippen molar-refractivity contribution in [3.05, 3.63) is 47.0 Å². The second-order valence-corrected chi connectivity index (χ2v) is 7.52. The molecule has 2 heterocycles. The molecular weight excluding hydrogens is 334 g/mol. The number of guanidine groups is 1. The molecule has 1 aromatic heterocycles. The van der Waals surface area contributed by atoms with Crippen molar-refractivity contribution in [2.24, 2.45) is 10.7 Å². The molecule has 25 heavy (non-hydrogen) atoms. The Morgan fingerprint density at radius 2 is 2.08 bits per heavy atom. The van der Waals surface area contributed by atoms with Gasteiger partial charge in [-0.05, 0) is 24.0 Å². The number of aliphatic hydroxyl groups is 1. The van der Waals surface area contributed by atoms with Crippen LogP contribution in [0.15, 0.2) is 40.8 Å². The summed E-state index contributed by atoms with van der Waals surface area (Å²) < 4.78 is 0. The van der Waals surface area contributed by atoms with E-state index in [-0.39, 0.29) is 0 Å². The van der Waals surface area contributed by atoms with Crippen LogP contribution in [0.3, 0.4) is 0 Å². The Kier molecular flexibility index (Phi) is 4.35. The fourth-order valence-electron chi connectivity index (χ4n) is 3.64. The molecule has 0 amide bonds. The monoisotopic (exact) mass is 357 g/mol. The van der Waals surface area contributed by atoms with Crippen LogP contribution in [0, 0.1) is 0 Å². The Morgan fingerprint density at radius 3 is 2.84 bits per heavy atom. The highest BCUT2D eigenvalue weighted by atomic mass is 32.1. The summed E-state index contributed by atoms with van der Waals surface area (Å²) in [4.78, 5) is 13.3. The number of nitrogens with zero attached hydrogens (tertiary/aromatic N) is 4. The minimum absolute atomic E-state index is 0.322. The van der Waals surface area contributed by atoms with Crippen molar-refractivity contribution in [1.29, 1.82) is 0 Å². The zero-order valence-electron chi connectivity index (χ0n) is 14.1. The first-order valence-electron chi connectivity index (χ1n) is 8.66. The topological polar surface area (TPSA) is 78.0 Å². The summed E-state index contributed by atoms with van der Waals surface area (Å²) in [6.45, 7) is 3.74. The largest absolute Gasteiger partial charge is 0.383 e. The van der Waals surface area contributed by atoms with E-state index in [1.165, 1.54) is 5.56 Å². The molecule has 1 atom stereocenters. The first kappa shape index (κ1) is 16.4.